The number of hydrogen-bond donors (Lipinski definition) is 1. The first-order valence-corrected chi connectivity index (χ1v) is 12.4. The standard InChI is InChI=1S/C24H34O5S.K/c1-2-3-4-5-6-7-8-9-10-11-14-20-15-12-18-23(24(20)30(26,27)28)29-22-17-13-16-21(25)19-22;/h12-13,15-19,25H,2-11,14H2,1H3,(H,26,27,28);/q;+1/p-1. The van der Waals surface area contributed by atoms with E-state index < -0.39 is 10.1 Å². The molecule has 166 valence electrons. The average molecular weight is 473 g/mol. The van der Waals surface area contributed by atoms with Crippen molar-refractivity contribution in [1.82, 2.24) is 0 Å². The fraction of sp³-hybridized carbons (Fsp3) is 0.500. The molecule has 0 spiro atoms. The van der Waals surface area contributed by atoms with Gasteiger partial charge in [-0.1, -0.05) is 89.0 Å². The minimum atomic E-state index is -4.46. The van der Waals surface area contributed by atoms with Crippen LogP contribution in [0.3, 0.4) is 0 Å². The number of aryl methyl sites for hydroxylation is 1. The molecule has 2 aromatic rings. The summed E-state index contributed by atoms with van der Waals surface area (Å²) >= 11 is 0. The quantitative estimate of drug-likeness (QED) is 0.259. The maximum absolute atomic E-state index is 12.0. The molecule has 0 bridgehead atoms. The topological polar surface area (TPSA) is 86.7 Å². The Morgan fingerprint density at radius 1 is 0.871 bits per heavy atom. The minimum absolute atomic E-state index is 0. The average Bonchev–Trinajstić information content (AvgIpc) is 2.68. The fourth-order valence-corrected chi connectivity index (χ4v) is 4.46. The van der Waals surface area contributed by atoms with Gasteiger partial charge in [0.05, 0.1) is 0 Å². The SMILES string of the molecule is CCCCCCCCCCCCc1cccc(Oc2cccc([O-])c2)c1S(=O)(=O)O.[K+]. The second-order valence-electron chi connectivity index (χ2n) is 7.73. The first kappa shape index (κ1) is 28.6. The summed E-state index contributed by atoms with van der Waals surface area (Å²) < 4.78 is 39.4. The molecule has 0 saturated heterocycles. The summed E-state index contributed by atoms with van der Waals surface area (Å²) in [5.74, 6) is 0.0404. The number of benzene rings is 2. The molecule has 0 amide bonds. The second kappa shape index (κ2) is 15.4. The van der Waals surface area contributed by atoms with E-state index >= 15 is 0 Å². The van der Waals surface area contributed by atoms with E-state index in [0.29, 0.717) is 12.0 Å². The number of unbranched alkanes of at least 4 members (excludes halogenated alkanes) is 9. The van der Waals surface area contributed by atoms with Gasteiger partial charge in [-0.15, -0.1) is 5.75 Å². The van der Waals surface area contributed by atoms with Gasteiger partial charge in [0.2, 0.25) is 0 Å². The molecule has 0 aromatic heterocycles. The van der Waals surface area contributed by atoms with Crippen LogP contribution in [0.4, 0.5) is 0 Å². The van der Waals surface area contributed by atoms with E-state index in [1.807, 2.05) is 0 Å². The third kappa shape index (κ3) is 10.8. The van der Waals surface area contributed by atoms with Crippen LogP contribution in [0.15, 0.2) is 47.4 Å². The van der Waals surface area contributed by atoms with E-state index in [9.17, 15) is 18.1 Å². The van der Waals surface area contributed by atoms with Crippen LogP contribution in [0.5, 0.6) is 17.2 Å². The zero-order valence-electron chi connectivity index (χ0n) is 18.8. The van der Waals surface area contributed by atoms with Gasteiger partial charge >= 0.3 is 51.4 Å². The molecule has 0 saturated carbocycles. The Morgan fingerprint density at radius 3 is 2.03 bits per heavy atom. The van der Waals surface area contributed by atoms with Crippen molar-refractivity contribution in [1.29, 1.82) is 0 Å². The molecule has 2 aromatic carbocycles. The van der Waals surface area contributed by atoms with Crippen molar-refractivity contribution in [2.45, 2.75) is 82.4 Å². The summed E-state index contributed by atoms with van der Waals surface area (Å²) in [5.41, 5.74) is 0.535. The van der Waals surface area contributed by atoms with Crippen LogP contribution < -0.4 is 61.2 Å². The third-order valence-electron chi connectivity index (χ3n) is 5.15. The summed E-state index contributed by atoms with van der Waals surface area (Å²) in [5, 5.41) is 11.5. The van der Waals surface area contributed by atoms with Gasteiger partial charge in [-0.25, -0.2) is 0 Å². The zero-order chi connectivity index (χ0) is 21.8. The van der Waals surface area contributed by atoms with Crippen LogP contribution in [-0.2, 0) is 16.5 Å². The van der Waals surface area contributed by atoms with Gasteiger partial charge in [-0.2, -0.15) is 8.42 Å². The molecule has 5 nitrogen and oxygen atoms in total. The van der Waals surface area contributed by atoms with Gasteiger partial charge in [-0.3, -0.25) is 4.55 Å². The summed E-state index contributed by atoms with van der Waals surface area (Å²) in [4.78, 5) is -0.211. The van der Waals surface area contributed by atoms with E-state index in [0.717, 1.165) is 19.3 Å². The van der Waals surface area contributed by atoms with Crippen molar-refractivity contribution >= 4 is 10.1 Å². The monoisotopic (exact) mass is 472 g/mol. The molecule has 1 N–H and O–H groups in total. The first-order chi connectivity index (χ1) is 14.4. The Bertz CT molecular complexity index is 883. The smallest absolute Gasteiger partial charge is 0.872 e. The number of ether oxygens (including phenoxy) is 1. The van der Waals surface area contributed by atoms with Crippen molar-refractivity contribution in [3.63, 3.8) is 0 Å². The van der Waals surface area contributed by atoms with Crippen LogP contribution in [0.2, 0.25) is 0 Å². The number of hydrogen-bond acceptors (Lipinski definition) is 4. The molecule has 0 atom stereocenters. The van der Waals surface area contributed by atoms with Crippen LogP contribution in [-0.4, -0.2) is 13.0 Å². The summed E-state index contributed by atoms with van der Waals surface area (Å²) in [6.45, 7) is 2.22. The first-order valence-electron chi connectivity index (χ1n) is 11.0. The number of rotatable bonds is 14. The molecule has 0 radical (unpaired) electrons. The third-order valence-corrected chi connectivity index (χ3v) is 6.13. The van der Waals surface area contributed by atoms with E-state index in [-0.39, 0.29) is 73.5 Å². The van der Waals surface area contributed by atoms with Gasteiger partial charge < -0.3 is 9.84 Å². The van der Waals surface area contributed by atoms with Gasteiger partial charge in [-0.05, 0) is 36.6 Å². The Hall–Kier alpha value is -0.414. The Labute approximate surface area is 229 Å². The molecular formula is C24H33KO5S. The molecule has 0 heterocycles. The van der Waals surface area contributed by atoms with Crippen LogP contribution in [0.1, 0.15) is 76.7 Å². The molecule has 0 aliphatic carbocycles. The Kier molecular flexibility index (Phi) is 14.2. The molecule has 7 heteroatoms. The van der Waals surface area contributed by atoms with Crippen molar-refractivity contribution in [3.8, 4) is 17.2 Å². The molecule has 0 unspecified atom stereocenters. The molecule has 0 aliphatic heterocycles. The molecule has 0 aliphatic rings. The van der Waals surface area contributed by atoms with Gasteiger partial charge in [0.1, 0.15) is 16.4 Å². The van der Waals surface area contributed by atoms with Gasteiger partial charge in [0.25, 0.3) is 10.1 Å². The molecule has 31 heavy (non-hydrogen) atoms. The van der Waals surface area contributed by atoms with Crippen LogP contribution in [0, 0.1) is 0 Å². The van der Waals surface area contributed by atoms with E-state index in [1.54, 1.807) is 24.3 Å². The predicted molar refractivity (Wildman–Crippen MR) is 118 cm³/mol. The van der Waals surface area contributed by atoms with Gasteiger partial charge in [0.15, 0.2) is 0 Å². The largest absolute Gasteiger partial charge is 1.00 e. The predicted octanol–water partition coefficient (Wildman–Crippen LogP) is 3.27. The summed E-state index contributed by atoms with van der Waals surface area (Å²) in [6, 6.07) is 10.7. The molecular weight excluding hydrogens is 439 g/mol. The normalized spacial score (nSPS) is 11.2. The van der Waals surface area contributed by atoms with E-state index in [4.69, 9.17) is 4.74 Å². The maximum Gasteiger partial charge on any atom is 1.00 e. The fourth-order valence-electron chi connectivity index (χ4n) is 3.60. The Morgan fingerprint density at radius 2 is 1.45 bits per heavy atom. The minimum Gasteiger partial charge on any atom is -0.872 e. The van der Waals surface area contributed by atoms with Crippen molar-refractivity contribution in [3.05, 3.63) is 48.0 Å². The van der Waals surface area contributed by atoms with Crippen molar-refractivity contribution < 1.29 is 74.2 Å². The summed E-state index contributed by atoms with van der Waals surface area (Å²) in [6.07, 6.45) is 12.5. The Balaban J connectivity index is 0.00000480. The summed E-state index contributed by atoms with van der Waals surface area (Å²) in [7, 11) is -4.46. The zero-order valence-corrected chi connectivity index (χ0v) is 22.7. The maximum atomic E-state index is 12.0. The molecule has 2 rings (SSSR count). The van der Waals surface area contributed by atoms with E-state index in [2.05, 4.69) is 6.92 Å². The second-order valence-corrected chi connectivity index (χ2v) is 9.09. The van der Waals surface area contributed by atoms with Crippen LogP contribution >= 0.6 is 0 Å². The van der Waals surface area contributed by atoms with Crippen molar-refractivity contribution in [2.75, 3.05) is 0 Å². The van der Waals surface area contributed by atoms with E-state index in [1.165, 1.54) is 63.1 Å². The van der Waals surface area contributed by atoms with Crippen LogP contribution in [0.25, 0.3) is 0 Å². The van der Waals surface area contributed by atoms with Gasteiger partial charge in [0, 0.05) is 0 Å². The van der Waals surface area contributed by atoms with Crippen molar-refractivity contribution in [2.24, 2.45) is 0 Å². The molecule has 0 fully saturated rings.